The molecule has 1 aliphatic rings. The minimum Gasteiger partial charge on any atom is -0.323 e. The molecular weight excluding hydrogens is 302 g/mol. The molecule has 3 N–H and O–H groups in total. The summed E-state index contributed by atoms with van der Waals surface area (Å²) in [6, 6.07) is 6.46. The quantitative estimate of drug-likeness (QED) is 0.786. The lowest BCUT2D eigenvalue weighted by Crippen LogP contribution is -2.59. The van der Waals surface area contributed by atoms with E-state index in [1.807, 2.05) is 13.0 Å². The third-order valence-corrected chi connectivity index (χ3v) is 4.41. The number of aryl methyl sites for hydroxylation is 2. The van der Waals surface area contributed by atoms with Crippen LogP contribution in [-0.4, -0.2) is 28.2 Å². The summed E-state index contributed by atoms with van der Waals surface area (Å²) in [6.45, 7) is 6.25. The van der Waals surface area contributed by atoms with Crippen molar-refractivity contribution in [3.8, 4) is 0 Å². The van der Waals surface area contributed by atoms with Crippen LogP contribution in [0.25, 0.3) is 10.9 Å². The van der Waals surface area contributed by atoms with Crippen LogP contribution in [0.15, 0.2) is 18.2 Å². The summed E-state index contributed by atoms with van der Waals surface area (Å²) in [5.74, 6) is 0.578. The number of rotatable bonds is 5. The second-order valence-corrected chi connectivity index (χ2v) is 6.34. The van der Waals surface area contributed by atoms with Crippen molar-refractivity contribution in [2.45, 2.75) is 58.8 Å². The predicted molar refractivity (Wildman–Crippen MR) is 95.7 cm³/mol. The molecule has 128 valence electrons. The molecule has 0 saturated carbocycles. The molecular formula is C18H25N5O. The summed E-state index contributed by atoms with van der Waals surface area (Å²) >= 11 is 0. The minimum atomic E-state index is -0.338. The molecule has 2 heterocycles. The number of amides is 1. The van der Waals surface area contributed by atoms with E-state index in [0.717, 1.165) is 35.9 Å². The Bertz CT molecular complexity index is 746. The fourth-order valence-electron chi connectivity index (χ4n) is 3.13. The normalized spacial score (nSPS) is 20.9. The third-order valence-electron chi connectivity index (χ3n) is 4.41. The molecule has 6 nitrogen and oxygen atoms in total. The molecule has 2 atom stereocenters. The molecule has 6 heteroatoms. The maximum Gasteiger partial charge on any atom is 0.226 e. The number of nitrogens with zero attached hydrogens (tertiary/aromatic N) is 2. The number of benzene rings is 1. The van der Waals surface area contributed by atoms with Gasteiger partial charge in [-0.15, -0.1) is 0 Å². The highest BCUT2D eigenvalue weighted by molar-refractivity contribution is 5.82. The third kappa shape index (κ3) is 3.64. The highest BCUT2D eigenvalue weighted by Gasteiger charge is 2.25. The smallest absolute Gasteiger partial charge is 0.226 e. The van der Waals surface area contributed by atoms with Crippen LogP contribution in [0.2, 0.25) is 0 Å². The lowest BCUT2D eigenvalue weighted by Gasteiger charge is -2.31. The van der Waals surface area contributed by atoms with Crippen LogP contribution in [0.5, 0.6) is 0 Å². The van der Waals surface area contributed by atoms with E-state index in [2.05, 4.69) is 51.9 Å². The Morgan fingerprint density at radius 1 is 1.29 bits per heavy atom. The van der Waals surface area contributed by atoms with Crippen molar-refractivity contribution in [1.82, 2.24) is 20.6 Å². The Labute approximate surface area is 142 Å². The first-order chi connectivity index (χ1) is 11.6. The number of anilines is 1. The lowest BCUT2D eigenvalue weighted by molar-refractivity contribution is -0.124. The second-order valence-electron chi connectivity index (χ2n) is 6.34. The highest BCUT2D eigenvalue weighted by Crippen LogP contribution is 2.19. The molecule has 0 bridgehead atoms. The Morgan fingerprint density at radius 3 is 2.88 bits per heavy atom. The van der Waals surface area contributed by atoms with Crippen LogP contribution in [0, 0.1) is 6.92 Å². The molecule has 1 amide bonds. The largest absolute Gasteiger partial charge is 0.323 e. The average molecular weight is 327 g/mol. The lowest BCUT2D eigenvalue weighted by atomic mass is 10.1. The van der Waals surface area contributed by atoms with E-state index >= 15 is 0 Å². The molecule has 1 fully saturated rings. The number of carbonyl (C=O) groups is 1. The maximum absolute atomic E-state index is 11.9. The molecule has 1 saturated heterocycles. The Kier molecular flexibility index (Phi) is 4.94. The first-order valence-electron chi connectivity index (χ1n) is 8.68. The van der Waals surface area contributed by atoms with Gasteiger partial charge in [-0.3, -0.25) is 10.1 Å². The van der Waals surface area contributed by atoms with E-state index in [-0.39, 0.29) is 18.2 Å². The van der Waals surface area contributed by atoms with Gasteiger partial charge in [-0.2, -0.15) is 0 Å². The Morgan fingerprint density at radius 2 is 2.12 bits per heavy atom. The molecule has 0 radical (unpaired) electrons. The monoisotopic (exact) mass is 327 g/mol. The SMILES string of the molecule is CCCC1CC(=O)NC(Nc2nc(C)c3cc(CC)ccc3n2)N1. The van der Waals surface area contributed by atoms with Crippen LogP contribution >= 0.6 is 0 Å². The molecule has 1 aromatic carbocycles. The summed E-state index contributed by atoms with van der Waals surface area (Å²) in [4.78, 5) is 21.0. The summed E-state index contributed by atoms with van der Waals surface area (Å²) in [7, 11) is 0. The van der Waals surface area contributed by atoms with Crippen molar-refractivity contribution in [2.24, 2.45) is 0 Å². The van der Waals surface area contributed by atoms with E-state index in [9.17, 15) is 4.79 Å². The molecule has 1 aromatic heterocycles. The molecule has 2 aromatic rings. The van der Waals surface area contributed by atoms with Gasteiger partial charge in [-0.1, -0.05) is 26.3 Å². The standard InChI is InChI=1S/C18H25N5O/c1-4-6-13-10-16(24)22-18(20-13)23-17-19-11(3)14-9-12(5-2)7-8-15(14)21-17/h7-9,13,18,20H,4-6,10H2,1-3H3,(H,22,24)(H,19,21,23). The van der Waals surface area contributed by atoms with Gasteiger partial charge in [0.1, 0.15) is 0 Å². The van der Waals surface area contributed by atoms with Crippen molar-refractivity contribution in [3.63, 3.8) is 0 Å². The van der Waals surface area contributed by atoms with Crippen molar-refractivity contribution >= 4 is 22.8 Å². The van der Waals surface area contributed by atoms with Crippen LogP contribution in [0.4, 0.5) is 5.95 Å². The zero-order valence-corrected chi connectivity index (χ0v) is 14.5. The summed E-state index contributed by atoms with van der Waals surface area (Å²) < 4.78 is 0. The van der Waals surface area contributed by atoms with Crippen molar-refractivity contribution < 1.29 is 4.79 Å². The van der Waals surface area contributed by atoms with Crippen molar-refractivity contribution in [3.05, 3.63) is 29.5 Å². The van der Waals surface area contributed by atoms with Gasteiger partial charge in [0, 0.05) is 17.8 Å². The minimum absolute atomic E-state index is 0.0507. The Hall–Kier alpha value is -2.21. The number of aromatic nitrogens is 2. The number of hydrogen-bond acceptors (Lipinski definition) is 5. The van der Waals surface area contributed by atoms with E-state index in [1.54, 1.807) is 0 Å². The van der Waals surface area contributed by atoms with Gasteiger partial charge in [-0.05, 0) is 37.5 Å². The first-order valence-corrected chi connectivity index (χ1v) is 8.68. The number of hydrogen-bond donors (Lipinski definition) is 3. The predicted octanol–water partition coefficient (Wildman–Crippen LogP) is 2.47. The number of fused-ring (bicyclic) bond motifs is 1. The highest BCUT2D eigenvalue weighted by atomic mass is 16.2. The van der Waals surface area contributed by atoms with Crippen LogP contribution in [0.1, 0.15) is 44.4 Å². The van der Waals surface area contributed by atoms with E-state index in [4.69, 9.17) is 0 Å². The summed E-state index contributed by atoms with van der Waals surface area (Å²) in [6.07, 6.45) is 3.19. The Balaban J connectivity index is 1.81. The maximum atomic E-state index is 11.9. The molecule has 24 heavy (non-hydrogen) atoms. The van der Waals surface area contributed by atoms with Gasteiger partial charge in [0.2, 0.25) is 11.9 Å². The average Bonchev–Trinajstić information content (AvgIpc) is 2.54. The number of nitrogens with one attached hydrogen (secondary N) is 3. The second kappa shape index (κ2) is 7.13. The molecule has 1 aliphatic heterocycles. The fourth-order valence-corrected chi connectivity index (χ4v) is 3.13. The van der Waals surface area contributed by atoms with Crippen molar-refractivity contribution in [2.75, 3.05) is 5.32 Å². The van der Waals surface area contributed by atoms with Gasteiger partial charge in [0.05, 0.1) is 11.2 Å². The van der Waals surface area contributed by atoms with E-state index < -0.39 is 0 Å². The van der Waals surface area contributed by atoms with Gasteiger partial charge in [0.25, 0.3) is 0 Å². The molecule has 3 rings (SSSR count). The molecule has 0 spiro atoms. The van der Waals surface area contributed by atoms with Gasteiger partial charge < -0.3 is 10.6 Å². The van der Waals surface area contributed by atoms with E-state index in [1.165, 1.54) is 5.56 Å². The topological polar surface area (TPSA) is 78.9 Å². The first kappa shape index (κ1) is 16.6. The van der Waals surface area contributed by atoms with Crippen molar-refractivity contribution in [1.29, 1.82) is 0 Å². The van der Waals surface area contributed by atoms with E-state index in [0.29, 0.717) is 12.4 Å². The molecule has 2 unspecified atom stereocenters. The summed E-state index contributed by atoms with van der Waals surface area (Å²) in [5.41, 5.74) is 3.12. The van der Waals surface area contributed by atoms with Crippen LogP contribution in [0.3, 0.4) is 0 Å². The zero-order valence-electron chi connectivity index (χ0n) is 14.5. The molecule has 0 aliphatic carbocycles. The van der Waals surface area contributed by atoms with Gasteiger partial charge in [-0.25, -0.2) is 9.97 Å². The van der Waals surface area contributed by atoms with Crippen LogP contribution < -0.4 is 16.0 Å². The fraction of sp³-hybridized carbons (Fsp3) is 0.500. The van der Waals surface area contributed by atoms with Crippen LogP contribution in [-0.2, 0) is 11.2 Å². The summed E-state index contributed by atoms with van der Waals surface area (Å²) in [5, 5.41) is 10.6. The van der Waals surface area contributed by atoms with Gasteiger partial charge >= 0.3 is 0 Å². The zero-order chi connectivity index (χ0) is 17.1. The number of carbonyl (C=O) groups excluding carboxylic acids is 1. The van der Waals surface area contributed by atoms with Gasteiger partial charge in [0.15, 0.2) is 6.29 Å².